The molecule has 1 aliphatic heterocycles. The van der Waals surface area contributed by atoms with Crippen molar-refractivity contribution in [3.05, 3.63) is 47.8 Å². The van der Waals surface area contributed by atoms with Crippen molar-refractivity contribution in [2.75, 3.05) is 26.3 Å². The van der Waals surface area contributed by atoms with E-state index in [1.54, 1.807) is 12.4 Å². The van der Waals surface area contributed by atoms with Gasteiger partial charge in [0, 0.05) is 30.3 Å². The maximum atomic E-state index is 5.90. The Labute approximate surface area is 172 Å². The standard InChI is InChI=1S/C22H30N4O3/c1-4-24-22(25-9-10-28-19-7-6-8-23-15-19)26-14-18-13-21-17(11-16(3)29-21)12-20(18)27-5-2/h6-8,12-13,15-16H,4-5,9-11,14H2,1-3H3,(H2,24,25,26). The van der Waals surface area contributed by atoms with E-state index in [2.05, 4.69) is 34.7 Å². The summed E-state index contributed by atoms with van der Waals surface area (Å²) in [5.74, 6) is 3.31. The van der Waals surface area contributed by atoms with Gasteiger partial charge in [0.25, 0.3) is 0 Å². The first-order valence-electron chi connectivity index (χ1n) is 10.2. The Bertz CT molecular complexity index is 811. The molecule has 3 rings (SSSR count). The summed E-state index contributed by atoms with van der Waals surface area (Å²) < 4.78 is 17.4. The summed E-state index contributed by atoms with van der Waals surface area (Å²) in [6, 6.07) is 7.89. The average Bonchev–Trinajstić information content (AvgIpc) is 3.09. The van der Waals surface area contributed by atoms with Gasteiger partial charge in [-0.2, -0.15) is 0 Å². The molecular formula is C22H30N4O3. The van der Waals surface area contributed by atoms with E-state index in [9.17, 15) is 0 Å². The van der Waals surface area contributed by atoms with E-state index in [1.807, 2.05) is 26.0 Å². The topological polar surface area (TPSA) is 77.0 Å². The van der Waals surface area contributed by atoms with Crippen molar-refractivity contribution in [2.24, 2.45) is 4.99 Å². The molecule has 2 N–H and O–H groups in total. The first-order valence-corrected chi connectivity index (χ1v) is 10.2. The second kappa shape index (κ2) is 10.5. The minimum Gasteiger partial charge on any atom is -0.494 e. The number of rotatable bonds is 9. The van der Waals surface area contributed by atoms with Crippen LogP contribution in [0.5, 0.6) is 17.2 Å². The molecule has 2 aromatic rings. The zero-order valence-corrected chi connectivity index (χ0v) is 17.4. The van der Waals surface area contributed by atoms with E-state index in [0.29, 0.717) is 26.3 Å². The van der Waals surface area contributed by atoms with Gasteiger partial charge in [-0.3, -0.25) is 4.98 Å². The third-order valence-electron chi connectivity index (χ3n) is 4.43. The molecule has 2 heterocycles. The number of guanidine groups is 1. The minimum absolute atomic E-state index is 0.206. The summed E-state index contributed by atoms with van der Waals surface area (Å²) in [6.45, 7) is 9.16. The Hall–Kier alpha value is -2.96. The van der Waals surface area contributed by atoms with Crippen LogP contribution in [0.25, 0.3) is 0 Å². The third-order valence-corrected chi connectivity index (χ3v) is 4.43. The Morgan fingerprint density at radius 1 is 1.28 bits per heavy atom. The number of fused-ring (bicyclic) bond motifs is 1. The number of hydrogen-bond acceptors (Lipinski definition) is 5. The molecule has 1 unspecified atom stereocenters. The first kappa shape index (κ1) is 20.8. The fourth-order valence-electron chi connectivity index (χ4n) is 3.17. The number of hydrogen-bond donors (Lipinski definition) is 2. The van der Waals surface area contributed by atoms with Gasteiger partial charge in [0.2, 0.25) is 0 Å². The summed E-state index contributed by atoms with van der Waals surface area (Å²) in [6.07, 6.45) is 4.55. The van der Waals surface area contributed by atoms with Gasteiger partial charge >= 0.3 is 0 Å². The van der Waals surface area contributed by atoms with Crippen molar-refractivity contribution in [3.63, 3.8) is 0 Å². The summed E-state index contributed by atoms with van der Waals surface area (Å²) in [5.41, 5.74) is 2.22. The van der Waals surface area contributed by atoms with Gasteiger partial charge in [-0.05, 0) is 45.0 Å². The molecule has 0 bridgehead atoms. The van der Waals surface area contributed by atoms with Gasteiger partial charge < -0.3 is 24.8 Å². The molecular weight excluding hydrogens is 368 g/mol. The number of aromatic nitrogens is 1. The molecule has 0 fully saturated rings. The predicted octanol–water partition coefficient (Wildman–Crippen LogP) is 2.94. The fraction of sp³-hybridized carbons (Fsp3) is 0.455. The molecule has 0 spiro atoms. The number of benzene rings is 1. The lowest BCUT2D eigenvalue weighted by molar-refractivity contribution is 0.254. The van der Waals surface area contributed by atoms with Crippen molar-refractivity contribution in [3.8, 4) is 17.2 Å². The zero-order chi connectivity index (χ0) is 20.5. The van der Waals surface area contributed by atoms with Gasteiger partial charge in [0.1, 0.15) is 30.0 Å². The van der Waals surface area contributed by atoms with Crippen molar-refractivity contribution in [1.29, 1.82) is 0 Å². The lowest BCUT2D eigenvalue weighted by Crippen LogP contribution is -2.39. The molecule has 1 atom stereocenters. The van der Waals surface area contributed by atoms with Crippen molar-refractivity contribution >= 4 is 5.96 Å². The average molecular weight is 399 g/mol. The van der Waals surface area contributed by atoms with Crippen LogP contribution in [-0.4, -0.2) is 43.4 Å². The zero-order valence-electron chi connectivity index (χ0n) is 17.4. The molecule has 0 saturated heterocycles. The quantitative estimate of drug-likeness (QED) is 0.384. The van der Waals surface area contributed by atoms with E-state index in [1.165, 1.54) is 5.56 Å². The Morgan fingerprint density at radius 3 is 2.93 bits per heavy atom. The second-order valence-electron chi connectivity index (χ2n) is 6.79. The molecule has 0 aliphatic carbocycles. The lowest BCUT2D eigenvalue weighted by atomic mass is 10.1. The third kappa shape index (κ3) is 6.01. The smallest absolute Gasteiger partial charge is 0.191 e. The maximum Gasteiger partial charge on any atom is 0.191 e. The Kier molecular flexibility index (Phi) is 7.55. The minimum atomic E-state index is 0.206. The van der Waals surface area contributed by atoms with Crippen LogP contribution in [-0.2, 0) is 13.0 Å². The Morgan fingerprint density at radius 2 is 2.17 bits per heavy atom. The fourth-order valence-corrected chi connectivity index (χ4v) is 3.17. The summed E-state index contributed by atoms with van der Waals surface area (Å²) in [5, 5.41) is 6.55. The van der Waals surface area contributed by atoms with E-state index in [-0.39, 0.29) is 6.10 Å². The van der Waals surface area contributed by atoms with Crippen LogP contribution in [0.15, 0.2) is 41.7 Å². The summed E-state index contributed by atoms with van der Waals surface area (Å²) >= 11 is 0. The van der Waals surface area contributed by atoms with Gasteiger partial charge in [-0.15, -0.1) is 0 Å². The molecule has 1 aromatic heterocycles. The molecule has 0 radical (unpaired) electrons. The van der Waals surface area contributed by atoms with Crippen molar-refractivity contribution in [1.82, 2.24) is 15.6 Å². The van der Waals surface area contributed by atoms with Crippen LogP contribution in [0.3, 0.4) is 0 Å². The summed E-state index contributed by atoms with van der Waals surface area (Å²) in [7, 11) is 0. The van der Waals surface area contributed by atoms with E-state index < -0.39 is 0 Å². The molecule has 0 amide bonds. The monoisotopic (exact) mass is 398 g/mol. The maximum absolute atomic E-state index is 5.90. The van der Waals surface area contributed by atoms with Crippen LogP contribution in [0.4, 0.5) is 0 Å². The van der Waals surface area contributed by atoms with Crippen LogP contribution in [0, 0.1) is 0 Å². The van der Waals surface area contributed by atoms with Gasteiger partial charge in [-0.25, -0.2) is 4.99 Å². The highest BCUT2D eigenvalue weighted by atomic mass is 16.5. The van der Waals surface area contributed by atoms with Crippen LogP contribution >= 0.6 is 0 Å². The molecule has 7 nitrogen and oxygen atoms in total. The predicted molar refractivity (Wildman–Crippen MR) is 114 cm³/mol. The SMILES string of the molecule is CCNC(=NCc1cc2c(cc1OCC)CC(C)O2)NCCOc1cccnc1. The number of aliphatic imine (C=N–C) groups is 1. The van der Waals surface area contributed by atoms with Crippen molar-refractivity contribution in [2.45, 2.75) is 39.8 Å². The van der Waals surface area contributed by atoms with E-state index in [4.69, 9.17) is 19.2 Å². The lowest BCUT2D eigenvalue weighted by Gasteiger charge is -2.14. The highest BCUT2D eigenvalue weighted by Gasteiger charge is 2.21. The number of nitrogens with one attached hydrogen (secondary N) is 2. The molecule has 7 heteroatoms. The molecule has 29 heavy (non-hydrogen) atoms. The molecule has 156 valence electrons. The van der Waals surface area contributed by atoms with E-state index in [0.717, 1.165) is 41.7 Å². The van der Waals surface area contributed by atoms with Crippen LogP contribution < -0.4 is 24.8 Å². The van der Waals surface area contributed by atoms with Gasteiger partial charge in [0.15, 0.2) is 5.96 Å². The van der Waals surface area contributed by atoms with Crippen LogP contribution in [0.2, 0.25) is 0 Å². The highest BCUT2D eigenvalue weighted by molar-refractivity contribution is 5.79. The number of ether oxygens (including phenoxy) is 3. The molecule has 1 aliphatic rings. The molecule has 1 aromatic carbocycles. The number of pyridine rings is 1. The number of nitrogens with zero attached hydrogens (tertiary/aromatic N) is 2. The largest absolute Gasteiger partial charge is 0.494 e. The summed E-state index contributed by atoms with van der Waals surface area (Å²) in [4.78, 5) is 8.75. The van der Waals surface area contributed by atoms with Gasteiger partial charge in [-0.1, -0.05) is 0 Å². The van der Waals surface area contributed by atoms with Gasteiger partial charge in [0.05, 0.1) is 25.9 Å². The van der Waals surface area contributed by atoms with Crippen LogP contribution in [0.1, 0.15) is 31.9 Å². The molecule has 0 saturated carbocycles. The van der Waals surface area contributed by atoms with E-state index >= 15 is 0 Å². The highest BCUT2D eigenvalue weighted by Crippen LogP contribution is 2.35. The normalized spacial score (nSPS) is 15.4. The second-order valence-corrected chi connectivity index (χ2v) is 6.79. The first-order chi connectivity index (χ1) is 14.2. The van der Waals surface area contributed by atoms with Crippen molar-refractivity contribution < 1.29 is 14.2 Å². The Balaban J connectivity index is 1.61.